The zero-order valence-electron chi connectivity index (χ0n) is 10.1. The van der Waals surface area contributed by atoms with Crippen LogP contribution in [0.1, 0.15) is 18.2 Å². The first-order chi connectivity index (χ1) is 8.56. The van der Waals surface area contributed by atoms with Crippen molar-refractivity contribution in [3.8, 4) is 5.69 Å². The molecule has 0 radical (unpaired) electrons. The summed E-state index contributed by atoms with van der Waals surface area (Å²) in [7, 11) is 0. The molecule has 0 aliphatic heterocycles. The van der Waals surface area contributed by atoms with Gasteiger partial charge in [-0.1, -0.05) is 30.7 Å². The Morgan fingerprint density at radius 1 is 1.44 bits per heavy atom. The van der Waals surface area contributed by atoms with E-state index in [2.05, 4.69) is 5.10 Å². The number of aryl methyl sites for hydroxylation is 1. The first-order valence-corrected chi connectivity index (χ1v) is 5.91. The Kier molecular flexibility index (Phi) is 3.34. The molecule has 1 aromatic heterocycles. The van der Waals surface area contributed by atoms with Crippen LogP contribution < -0.4 is 0 Å². The number of hydrogen-bond donors (Lipinski definition) is 0. The van der Waals surface area contributed by atoms with Gasteiger partial charge in [-0.25, -0.2) is 4.68 Å². The highest BCUT2D eigenvalue weighted by Crippen LogP contribution is 2.28. The molecule has 0 saturated heterocycles. The van der Waals surface area contributed by atoms with Gasteiger partial charge in [-0.3, -0.25) is 10.1 Å². The Morgan fingerprint density at radius 2 is 2.11 bits per heavy atom. The van der Waals surface area contributed by atoms with Crippen molar-refractivity contribution in [3.05, 3.63) is 50.8 Å². The molecule has 0 aliphatic rings. The van der Waals surface area contributed by atoms with Crippen LogP contribution in [-0.2, 0) is 6.42 Å². The number of para-hydroxylation sites is 2. The number of benzene rings is 1. The van der Waals surface area contributed by atoms with Crippen molar-refractivity contribution < 1.29 is 4.92 Å². The van der Waals surface area contributed by atoms with Crippen molar-refractivity contribution in [2.75, 3.05) is 0 Å². The maximum absolute atomic E-state index is 11.0. The summed E-state index contributed by atoms with van der Waals surface area (Å²) >= 11 is 6.22. The molecule has 1 heterocycles. The van der Waals surface area contributed by atoms with E-state index < -0.39 is 4.92 Å². The fourth-order valence-corrected chi connectivity index (χ4v) is 2.29. The third kappa shape index (κ3) is 1.97. The Balaban J connectivity index is 2.66. The van der Waals surface area contributed by atoms with Gasteiger partial charge in [0.25, 0.3) is 5.69 Å². The summed E-state index contributed by atoms with van der Waals surface area (Å²) in [5.41, 5.74) is 2.08. The Hall–Kier alpha value is -1.88. The SMILES string of the molecule is CCc1c(C)nn(-c2ccccc2[N+](=O)[O-])c1Cl. The highest BCUT2D eigenvalue weighted by atomic mass is 35.5. The molecule has 0 fully saturated rings. The lowest BCUT2D eigenvalue weighted by Gasteiger charge is -2.04. The maximum atomic E-state index is 11.0. The molecule has 2 aromatic rings. The number of nitro benzene ring substituents is 1. The van der Waals surface area contributed by atoms with Crippen molar-refractivity contribution in [3.63, 3.8) is 0 Å². The first-order valence-electron chi connectivity index (χ1n) is 5.54. The van der Waals surface area contributed by atoms with Crippen molar-refractivity contribution in [1.82, 2.24) is 9.78 Å². The van der Waals surface area contributed by atoms with E-state index in [0.717, 1.165) is 17.7 Å². The second-order valence-corrected chi connectivity index (χ2v) is 4.22. The van der Waals surface area contributed by atoms with E-state index in [0.29, 0.717) is 10.8 Å². The minimum absolute atomic E-state index is 0.00967. The van der Waals surface area contributed by atoms with Gasteiger partial charge in [-0.2, -0.15) is 5.10 Å². The third-order valence-corrected chi connectivity index (χ3v) is 3.17. The second kappa shape index (κ2) is 4.78. The lowest BCUT2D eigenvalue weighted by molar-refractivity contribution is -0.384. The number of aromatic nitrogens is 2. The van der Waals surface area contributed by atoms with Crippen LogP contribution in [0.25, 0.3) is 5.69 Å². The van der Waals surface area contributed by atoms with E-state index in [1.807, 2.05) is 13.8 Å². The highest BCUT2D eigenvalue weighted by Gasteiger charge is 2.20. The fourth-order valence-electron chi connectivity index (χ4n) is 1.89. The molecule has 6 heteroatoms. The maximum Gasteiger partial charge on any atom is 0.294 e. The van der Waals surface area contributed by atoms with Crippen LogP contribution in [0.4, 0.5) is 5.69 Å². The summed E-state index contributed by atoms with van der Waals surface area (Å²) in [5.74, 6) is 0. The van der Waals surface area contributed by atoms with E-state index >= 15 is 0 Å². The quantitative estimate of drug-likeness (QED) is 0.632. The molecule has 1 aromatic carbocycles. The summed E-state index contributed by atoms with van der Waals surface area (Å²) in [4.78, 5) is 10.6. The van der Waals surface area contributed by atoms with Gasteiger partial charge in [0, 0.05) is 11.6 Å². The van der Waals surface area contributed by atoms with Crippen LogP contribution in [0.5, 0.6) is 0 Å². The zero-order chi connectivity index (χ0) is 13.3. The Bertz CT molecular complexity index is 607. The minimum Gasteiger partial charge on any atom is -0.258 e. The molecule has 5 nitrogen and oxygen atoms in total. The largest absolute Gasteiger partial charge is 0.294 e. The molecule has 0 aliphatic carbocycles. The van der Waals surface area contributed by atoms with Crippen molar-refractivity contribution >= 4 is 17.3 Å². The van der Waals surface area contributed by atoms with Crippen molar-refractivity contribution in [1.29, 1.82) is 0 Å². The van der Waals surface area contributed by atoms with Crippen LogP contribution in [0, 0.1) is 17.0 Å². The van der Waals surface area contributed by atoms with Gasteiger partial charge in [-0.05, 0) is 19.4 Å². The summed E-state index contributed by atoms with van der Waals surface area (Å²) in [6.07, 6.45) is 0.741. The van der Waals surface area contributed by atoms with E-state index in [1.54, 1.807) is 18.2 Å². The van der Waals surface area contributed by atoms with E-state index in [-0.39, 0.29) is 5.69 Å². The van der Waals surface area contributed by atoms with Gasteiger partial charge in [0.1, 0.15) is 10.8 Å². The summed E-state index contributed by atoms with van der Waals surface area (Å²) in [6, 6.07) is 6.41. The predicted molar refractivity (Wildman–Crippen MR) is 69.3 cm³/mol. The van der Waals surface area contributed by atoms with Gasteiger partial charge in [-0.15, -0.1) is 0 Å². The fraction of sp³-hybridized carbons (Fsp3) is 0.250. The van der Waals surface area contributed by atoms with Crippen molar-refractivity contribution in [2.45, 2.75) is 20.3 Å². The van der Waals surface area contributed by atoms with E-state index in [1.165, 1.54) is 10.7 Å². The van der Waals surface area contributed by atoms with Crippen LogP contribution >= 0.6 is 11.6 Å². The summed E-state index contributed by atoms with van der Waals surface area (Å²) in [5, 5.41) is 15.7. The van der Waals surface area contributed by atoms with E-state index in [4.69, 9.17) is 11.6 Å². The van der Waals surface area contributed by atoms with E-state index in [9.17, 15) is 10.1 Å². The molecule has 2 rings (SSSR count). The molecule has 94 valence electrons. The monoisotopic (exact) mass is 265 g/mol. The zero-order valence-corrected chi connectivity index (χ0v) is 10.8. The number of hydrogen-bond acceptors (Lipinski definition) is 3. The molecule has 0 bridgehead atoms. The van der Waals surface area contributed by atoms with Gasteiger partial charge in [0.05, 0.1) is 10.6 Å². The normalized spacial score (nSPS) is 10.6. The molecule has 18 heavy (non-hydrogen) atoms. The molecule has 0 saturated carbocycles. The van der Waals surface area contributed by atoms with Gasteiger partial charge >= 0.3 is 0 Å². The average molecular weight is 266 g/mol. The van der Waals surface area contributed by atoms with Crippen molar-refractivity contribution in [2.24, 2.45) is 0 Å². The molecule has 0 unspecified atom stereocenters. The first kappa shape index (κ1) is 12.6. The lowest BCUT2D eigenvalue weighted by Crippen LogP contribution is -2.01. The van der Waals surface area contributed by atoms with Gasteiger partial charge in [0.2, 0.25) is 0 Å². The van der Waals surface area contributed by atoms with Crippen LogP contribution in [-0.4, -0.2) is 14.7 Å². The van der Waals surface area contributed by atoms with Gasteiger partial charge < -0.3 is 0 Å². The summed E-state index contributed by atoms with van der Waals surface area (Å²) < 4.78 is 1.42. The second-order valence-electron chi connectivity index (χ2n) is 3.87. The standard InChI is InChI=1S/C12H12ClN3O2/c1-3-9-8(2)14-15(12(9)13)10-6-4-5-7-11(10)16(17)18/h4-7H,3H2,1-2H3. The minimum atomic E-state index is -0.436. The number of nitro groups is 1. The molecule has 0 spiro atoms. The number of nitrogens with zero attached hydrogens (tertiary/aromatic N) is 3. The molecular formula is C12H12ClN3O2. The lowest BCUT2D eigenvalue weighted by atomic mass is 10.2. The third-order valence-electron chi connectivity index (χ3n) is 2.78. The Morgan fingerprint density at radius 3 is 2.67 bits per heavy atom. The van der Waals surface area contributed by atoms with Gasteiger partial charge in [0.15, 0.2) is 0 Å². The Labute approximate surface area is 109 Å². The highest BCUT2D eigenvalue weighted by molar-refractivity contribution is 6.30. The van der Waals surface area contributed by atoms with Crippen LogP contribution in [0.15, 0.2) is 24.3 Å². The molecular weight excluding hydrogens is 254 g/mol. The average Bonchev–Trinajstić information content (AvgIpc) is 2.64. The molecule has 0 amide bonds. The number of halogens is 1. The molecule has 0 atom stereocenters. The number of rotatable bonds is 3. The summed E-state index contributed by atoms with van der Waals surface area (Å²) in [6.45, 7) is 3.82. The molecule has 0 N–H and O–H groups in total. The topological polar surface area (TPSA) is 61.0 Å². The van der Waals surface area contributed by atoms with Crippen LogP contribution in [0.2, 0.25) is 5.15 Å². The van der Waals surface area contributed by atoms with Crippen LogP contribution in [0.3, 0.4) is 0 Å². The smallest absolute Gasteiger partial charge is 0.258 e. The predicted octanol–water partition coefficient (Wildman–Crippen LogP) is 3.30.